The fourth-order valence-electron chi connectivity index (χ4n) is 5.24. The van der Waals surface area contributed by atoms with Gasteiger partial charge in [0.25, 0.3) is 0 Å². The minimum absolute atomic E-state index is 0.00401. The van der Waals surface area contributed by atoms with Crippen LogP contribution in [0.15, 0.2) is 16.4 Å². The number of hydrogen-bond acceptors (Lipinski definition) is 8. The number of nitrogens with one attached hydrogen (secondary N) is 1. The maximum atomic E-state index is 13.1. The Balaban J connectivity index is 1.27. The Labute approximate surface area is 202 Å². The number of fused-ring (bicyclic) bond motifs is 3. The van der Waals surface area contributed by atoms with Crippen molar-refractivity contribution in [2.24, 2.45) is 5.92 Å². The standard InChI is InChI=1S/C23H31N5OS3/c1-3-16(19(29)26-23-28-27-20(32-23)14-7-5-4-6-8-14)30-21-18-15-10-9-13(2)11-17(15)31-22(18)25-12-24-21/h12-17H,3-11H2,1-2H3,(H,26,28,29). The normalized spacial score (nSPS) is 26.4. The first-order valence-electron chi connectivity index (χ1n) is 11.9. The molecule has 172 valence electrons. The summed E-state index contributed by atoms with van der Waals surface area (Å²) in [5.74, 6) is 1.81. The highest BCUT2D eigenvalue weighted by molar-refractivity contribution is 8.01. The van der Waals surface area contributed by atoms with Crippen LogP contribution in [0.3, 0.4) is 0 Å². The van der Waals surface area contributed by atoms with E-state index in [-0.39, 0.29) is 11.2 Å². The topological polar surface area (TPSA) is 80.7 Å². The van der Waals surface area contributed by atoms with Gasteiger partial charge in [-0.05, 0) is 38.0 Å². The molecule has 3 heterocycles. The lowest BCUT2D eigenvalue weighted by molar-refractivity contribution is -0.115. The van der Waals surface area contributed by atoms with E-state index in [2.05, 4.69) is 39.3 Å². The molecule has 2 fully saturated rings. The number of aromatic nitrogens is 4. The average Bonchev–Trinajstić information content (AvgIpc) is 3.42. The lowest BCUT2D eigenvalue weighted by Crippen LogP contribution is -2.25. The van der Waals surface area contributed by atoms with Crippen LogP contribution in [0.2, 0.25) is 0 Å². The number of anilines is 1. The number of carbonyl (C=O) groups is 1. The molecular formula is C23H31N5OS3. The molecule has 6 nitrogen and oxygen atoms in total. The Hall–Kier alpha value is -1.19. The third-order valence-corrected chi connectivity index (χ3v) is 10.8. The molecule has 2 aromatic heterocycles. The van der Waals surface area contributed by atoms with Gasteiger partial charge >= 0.3 is 0 Å². The van der Waals surface area contributed by atoms with Gasteiger partial charge in [-0.3, -0.25) is 10.1 Å². The number of carbonyl (C=O) groups excluding carboxylic acids is 1. The van der Waals surface area contributed by atoms with Gasteiger partial charge in [0.15, 0.2) is 0 Å². The summed E-state index contributed by atoms with van der Waals surface area (Å²) in [5.41, 5.74) is 1.29. The first-order valence-corrected chi connectivity index (χ1v) is 14.5. The minimum atomic E-state index is -0.206. The first-order chi connectivity index (χ1) is 15.6. The molecule has 5 rings (SSSR count). The second-order valence-corrected chi connectivity index (χ2v) is 12.8. The Morgan fingerprint density at radius 1 is 1.19 bits per heavy atom. The van der Waals surface area contributed by atoms with Crippen molar-refractivity contribution in [2.75, 3.05) is 5.32 Å². The van der Waals surface area contributed by atoms with E-state index in [1.807, 2.05) is 11.8 Å². The van der Waals surface area contributed by atoms with Crippen LogP contribution >= 0.6 is 34.9 Å². The molecule has 2 saturated carbocycles. The molecule has 1 N–H and O–H groups in total. The summed E-state index contributed by atoms with van der Waals surface area (Å²) >= 11 is 5.06. The highest BCUT2D eigenvalue weighted by Crippen LogP contribution is 2.54. The molecule has 0 radical (unpaired) electrons. The van der Waals surface area contributed by atoms with Crippen LogP contribution < -0.4 is 5.32 Å². The summed E-state index contributed by atoms with van der Waals surface area (Å²) in [6.07, 6.45) is 12.3. The predicted molar refractivity (Wildman–Crippen MR) is 132 cm³/mol. The Bertz CT molecular complexity index is 961. The van der Waals surface area contributed by atoms with Gasteiger partial charge in [0, 0.05) is 22.6 Å². The van der Waals surface area contributed by atoms with Crippen molar-refractivity contribution in [3.8, 4) is 0 Å². The lowest BCUT2D eigenvalue weighted by Gasteiger charge is -2.29. The molecule has 4 unspecified atom stereocenters. The van der Waals surface area contributed by atoms with Gasteiger partial charge in [-0.2, -0.15) is 0 Å². The molecular weight excluding hydrogens is 458 g/mol. The van der Waals surface area contributed by atoms with Crippen LogP contribution in [0.1, 0.15) is 94.0 Å². The molecule has 0 spiro atoms. The van der Waals surface area contributed by atoms with Gasteiger partial charge in [0.2, 0.25) is 11.0 Å². The summed E-state index contributed by atoms with van der Waals surface area (Å²) < 4.78 is 0. The quantitative estimate of drug-likeness (QED) is 0.379. The van der Waals surface area contributed by atoms with E-state index in [4.69, 9.17) is 0 Å². The number of amides is 1. The fourth-order valence-corrected chi connectivity index (χ4v) is 8.94. The molecule has 0 saturated heterocycles. The Kier molecular flexibility index (Phi) is 7.04. The zero-order valence-electron chi connectivity index (χ0n) is 18.7. The molecule has 0 bridgehead atoms. The molecule has 2 aliphatic carbocycles. The average molecular weight is 490 g/mol. The zero-order valence-corrected chi connectivity index (χ0v) is 21.2. The molecule has 9 heteroatoms. The van der Waals surface area contributed by atoms with E-state index < -0.39 is 0 Å². The summed E-state index contributed by atoms with van der Waals surface area (Å²) in [6.45, 7) is 4.41. The second kappa shape index (κ2) is 9.97. The van der Waals surface area contributed by atoms with Gasteiger partial charge < -0.3 is 0 Å². The summed E-state index contributed by atoms with van der Waals surface area (Å²) in [4.78, 5) is 22.3. The second-order valence-electron chi connectivity index (χ2n) is 9.36. The maximum Gasteiger partial charge on any atom is 0.239 e. The van der Waals surface area contributed by atoms with Crippen LogP contribution in [0, 0.1) is 5.92 Å². The minimum Gasteiger partial charge on any atom is -0.300 e. The van der Waals surface area contributed by atoms with Crippen LogP contribution in [-0.4, -0.2) is 36.6 Å². The van der Waals surface area contributed by atoms with Crippen LogP contribution in [0.4, 0.5) is 5.13 Å². The van der Waals surface area contributed by atoms with Crippen molar-refractivity contribution in [2.45, 2.75) is 104 Å². The smallest absolute Gasteiger partial charge is 0.239 e. The van der Waals surface area contributed by atoms with Crippen molar-refractivity contribution < 1.29 is 4.79 Å². The maximum absolute atomic E-state index is 13.1. The summed E-state index contributed by atoms with van der Waals surface area (Å²) in [7, 11) is 0. The largest absolute Gasteiger partial charge is 0.300 e. The van der Waals surface area contributed by atoms with Crippen LogP contribution in [0.5, 0.6) is 0 Å². The van der Waals surface area contributed by atoms with E-state index in [0.29, 0.717) is 22.2 Å². The van der Waals surface area contributed by atoms with Gasteiger partial charge in [-0.25, -0.2) is 9.97 Å². The predicted octanol–water partition coefficient (Wildman–Crippen LogP) is 6.26. The van der Waals surface area contributed by atoms with Gasteiger partial charge in [0.1, 0.15) is 21.4 Å². The third kappa shape index (κ3) is 4.71. The molecule has 4 atom stereocenters. The molecule has 1 aliphatic heterocycles. The van der Waals surface area contributed by atoms with E-state index >= 15 is 0 Å². The zero-order chi connectivity index (χ0) is 22.1. The van der Waals surface area contributed by atoms with Gasteiger partial charge in [0.05, 0.1) is 5.25 Å². The number of nitrogens with zero attached hydrogens (tertiary/aromatic N) is 4. The lowest BCUT2D eigenvalue weighted by atomic mass is 9.80. The van der Waals surface area contributed by atoms with Crippen LogP contribution in [-0.2, 0) is 4.79 Å². The number of hydrogen-bond donors (Lipinski definition) is 1. The van der Waals surface area contributed by atoms with Crippen molar-refractivity contribution in [3.05, 3.63) is 16.9 Å². The number of rotatable bonds is 6. The number of thioether (sulfide) groups is 2. The summed E-state index contributed by atoms with van der Waals surface area (Å²) in [5, 5.41) is 15.9. The van der Waals surface area contributed by atoms with Gasteiger partial charge in [-0.1, -0.05) is 62.6 Å². The first kappa shape index (κ1) is 22.6. The Morgan fingerprint density at radius 3 is 2.84 bits per heavy atom. The third-order valence-electron chi connectivity index (χ3n) is 7.04. The van der Waals surface area contributed by atoms with E-state index in [9.17, 15) is 4.79 Å². The van der Waals surface area contributed by atoms with Crippen molar-refractivity contribution in [3.63, 3.8) is 0 Å². The Morgan fingerprint density at radius 2 is 2.03 bits per heavy atom. The van der Waals surface area contributed by atoms with E-state index in [1.165, 1.54) is 56.9 Å². The highest BCUT2D eigenvalue weighted by Gasteiger charge is 2.40. The van der Waals surface area contributed by atoms with Crippen LogP contribution in [0.25, 0.3) is 0 Å². The fraction of sp³-hybridized carbons (Fsp3) is 0.696. The monoisotopic (exact) mass is 489 g/mol. The SMILES string of the molecule is CCC(Sc1ncnc2c1C1CCC(C)CC1S2)C(=O)Nc1nnc(C2CCCCC2)s1. The summed E-state index contributed by atoms with van der Waals surface area (Å²) in [6, 6.07) is 0. The van der Waals surface area contributed by atoms with Crippen molar-refractivity contribution >= 4 is 45.9 Å². The molecule has 2 aromatic rings. The highest BCUT2D eigenvalue weighted by atomic mass is 32.2. The molecule has 1 amide bonds. The van der Waals surface area contributed by atoms with E-state index in [1.54, 1.807) is 29.4 Å². The molecule has 32 heavy (non-hydrogen) atoms. The van der Waals surface area contributed by atoms with E-state index in [0.717, 1.165) is 27.4 Å². The van der Waals surface area contributed by atoms with Crippen molar-refractivity contribution in [1.29, 1.82) is 0 Å². The molecule has 3 aliphatic rings. The van der Waals surface area contributed by atoms with Crippen molar-refractivity contribution in [1.82, 2.24) is 20.2 Å². The van der Waals surface area contributed by atoms with Gasteiger partial charge in [-0.15, -0.1) is 22.0 Å². The molecule has 0 aromatic carbocycles.